The fraction of sp³-hybridized carbons (Fsp3) is 0.125. The second-order valence-electron chi connectivity index (χ2n) is 2.36. The van der Waals surface area contributed by atoms with Crippen molar-refractivity contribution in [3.05, 3.63) is 23.3 Å². The Labute approximate surface area is 78.2 Å². The van der Waals surface area contributed by atoms with Gasteiger partial charge in [0.2, 0.25) is 0 Å². The number of hydrogen-bond donors (Lipinski definition) is 0. The predicted molar refractivity (Wildman–Crippen MR) is 48.8 cm³/mol. The van der Waals surface area contributed by atoms with E-state index in [4.69, 9.17) is 0 Å². The summed E-state index contributed by atoms with van der Waals surface area (Å²) in [6.45, 7) is 0. The number of ether oxygens (including phenoxy) is 1. The van der Waals surface area contributed by atoms with Gasteiger partial charge in [-0.15, -0.1) is 11.3 Å². The van der Waals surface area contributed by atoms with Crippen molar-refractivity contribution in [2.75, 3.05) is 7.11 Å². The Hall–Kier alpha value is -1.49. The monoisotopic (exact) mass is 194 g/mol. The molecule has 66 valence electrons. The quantitative estimate of drug-likeness (QED) is 0.645. The number of fused-ring (bicyclic) bond motifs is 1. The number of carbonyl (C=O) groups excluding carboxylic acids is 1. The third kappa shape index (κ3) is 1.27. The molecule has 0 unspecified atom stereocenters. The Balaban J connectivity index is 2.67. The zero-order valence-electron chi connectivity index (χ0n) is 6.85. The Morgan fingerprint density at radius 3 is 3.15 bits per heavy atom. The van der Waals surface area contributed by atoms with Crippen LogP contribution in [0, 0.1) is 0 Å². The number of thiazole rings is 1. The second kappa shape index (κ2) is 3.10. The molecule has 13 heavy (non-hydrogen) atoms. The summed E-state index contributed by atoms with van der Waals surface area (Å²) in [7, 11) is 1.35. The molecule has 0 N–H and O–H groups in total. The molecule has 4 nitrogen and oxygen atoms in total. The molecule has 5 heteroatoms. The molecule has 2 heterocycles. The van der Waals surface area contributed by atoms with Gasteiger partial charge in [-0.1, -0.05) is 0 Å². The molecule has 0 aliphatic carbocycles. The fourth-order valence-corrected chi connectivity index (χ4v) is 1.70. The number of aromatic nitrogens is 2. The van der Waals surface area contributed by atoms with Gasteiger partial charge in [0.25, 0.3) is 0 Å². The fourth-order valence-electron chi connectivity index (χ4n) is 1.05. The maximum atomic E-state index is 11.2. The minimum Gasteiger partial charge on any atom is -0.465 e. The number of rotatable bonds is 1. The molecule has 0 radical (unpaired) electrons. The van der Waals surface area contributed by atoms with Crippen molar-refractivity contribution in [3.63, 3.8) is 0 Å². The van der Waals surface area contributed by atoms with Gasteiger partial charge < -0.3 is 4.74 Å². The lowest BCUT2D eigenvalue weighted by Gasteiger charge is -1.97. The molecule has 2 aromatic rings. The highest BCUT2D eigenvalue weighted by Gasteiger charge is 2.11. The smallest absolute Gasteiger partial charge is 0.340 e. The highest BCUT2D eigenvalue weighted by molar-refractivity contribution is 7.16. The molecule has 2 rings (SSSR count). The summed E-state index contributed by atoms with van der Waals surface area (Å²) >= 11 is 1.40. The molecule has 0 saturated carbocycles. The van der Waals surface area contributed by atoms with Gasteiger partial charge in [-0.25, -0.2) is 14.8 Å². The number of carbonyl (C=O) groups is 1. The number of nitrogens with zero attached hydrogens (tertiary/aromatic N) is 2. The van der Waals surface area contributed by atoms with E-state index in [9.17, 15) is 4.79 Å². The number of esters is 1. The number of pyridine rings is 1. The van der Waals surface area contributed by atoms with Crippen LogP contribution in [0.4, 0.5) is 0 Å². The first kappa shape index (κ1) is 8.12. The highest BCUT2D eigenvalue weighted by Crippen LogP contribution is 2.18. The Kier molecular flexibility index (Phi) is 1.94. The summed E-state index contributed by atoms with van der Waals surface area (Å²) in [5.74, 6) is -0.377. The minimum atomic E-state index is -0.377. The van der Waals surface area contributed by atoms with Gasteiger partial charge in [-0.2, -0.15) is 0 Å². The molecular weight excluding hydrogens is 188 g/mol. The van der Waals surface area contributed by atoms with Crippen LogP contribution in [0.1, 0.15) is 10.4 Å². The van der Waals surface area contributed by atoms with E-state index in [1.54, 1.807) is 17.8 Å². The molecule has 0 atom stereocenters. The summed E-state index contributed by atoms with van der Waals surface area (Å²) in [5.41, 5.74) is 2.73. The molecule has 0 bridgehead atoms. The van der Waals surface area contributed by atoms with Gasteiger partial charge in [0, 0.05) is 6.20 Å². The van der Waals surface area contributed by atoms with Crippen molar-refractivity contribution in [1.82, 2.24) is 9.97 Å². The van der Waals surface area contributed by atoms with Crippen molar-refractivity contribution < 1.29 is 9.53 Å². The van der Waals surface area contributed by atoms with Crippen molar-refractivity contribution in [1.29, 1.82) is 0 Å². The van der Waals surface area contributed by atoms with Crippen LogP contribution in [0.3, 0.4) is 0 Å². The summed E-state index contributed by atoms with van der Waals surface area (Å²) in [6, 6.07) is 1.61. The van der Waals surface area contributed by atoms with Crippen molar-refractivity contribution in [3.8, 4) is 0 Å². The van der Waals surface area contributed by atoms with Gasteiger partial charge in [-0.05, 0) is 6.07 Å². The van der Waals surface area contributed by atoms with Crippen LogP contribution in [0.2, 0.25) is 0 Å². The SMILES string of the molecule is COC(=O)c1ccnc2scnc12. The summed E-state index contributed by atoms with van der Waals surface area (Å²) in [5, 5.41) is 0. The van der Waals surface area contributed by atoms with Crippen LogP contribution < -0.4 is 0 Å². The maximum Gasteiger partial charge on any atom is 0.340 e. The Bertz CT molecular complexity index is 452. The van der Waals surface area contributed by atoms with Crippen molar-refractivity contribution in [2.45, 2.75) is 0 Å². The number of hydrogen-bond acceptors (Lipinski definition) is 5. The van der Waals surface area contributed by atoms with Crippen LogP contribution in [0.25, 0.3) is 10.3 Å². The van der Waals surface area contributed by atoms with E-state index in [-0.39, 0.29) is 5.97 Å². The molecule has 0 fully saturated rings. The zero-order chi connectivity index (χ0) is 9.26. The largest absolute Gasteiger partial charge is 0.465 e. The molecule has 0 spiro atoms. The summed E-state index contributed by atoms with van der Waals surface area (Å²) in [6.07, 6.45) is 1.58. The second-order valence-corrected chi connectivity index (χ2v) is 3.19. The molecule has 0 aliphatic heterocycles. The standard InChI is InChI=1S/C8H6N2O2S/c1-12-8(11)5-2-3-9-7-6(5)10-4-13-7/h2-4H,1H3. The highest BCUT2D eigenvalue weighted by atomic mass is 32.1. The molecule has 0 aromatic carbocycles. The Morgan fingerprint density at radius 1 is 1.54 bits per heavy atom. The van der Waals surface area contributed by atoms with Gasteiger partial charge >= 0.3 is 5.97 Å². The molecule has 0 saturated heterocycles. The van der Waals surface area contributed by atoms with Gasteiger partial charge in [0.05, 0.1) is 18.2 Å². The minimum absolute atomic E-state index is 0.377. The lowest BCUT2D eigenvalue weighted by Crippen LogP contribution is -2.02. The van der Waals surface area contributed by atoms with Crippen LogP contribution in [0.5, 0.6) is 0 Å². The van der Waals surface area contributed by atoms with Gasteiger partial charge in [0.1, 0.15) is 10.3 Å². The van der Waals surface area contributed by atoms with Crippen LogP contribution >= 0.6 is 11.3 Å². The molecule has 2 aromatic heterocycles. The maximum absolute atomic E-state index is 11.2. The van der Waals surface area contributed by atoms with E-state index < -0.39 is 0 Å². The Morgan fingerprint density at radius 2 is 2.38 bits per heavy atom. The van der Waals surface area contributed by atoms with Gasteiger partial charge in [0.15, 0.2) is 0 Å². The van der Waals surface area contributed by atoms with Crippen LogP contribution in [0.15, 0.2) is 17.8 Å². The van der Waals surface area contributed by atoms with E-state index in [0.29, 0.717) is 11.1 Å². The third-order valence-corrected chi connectivity index (χ3v) is 2.37. The van der Waals surface area contributed by atoms with Crippen LogP contribution in [-0.4, -0.2) is 23.0 Å². The topological polar surface area (TPSA) is 52.1 Å². The van der Waals surface area contributed by atoms with E-state index >= 15 is 0 Å². The first-order valence-corrected chi connectivity index (χ1v) is 4.47. The van der Waals surface area contributed by atoms with E-state index in [1.807, 2.05) is 0 Å². The number of methoxy groups -OCH3 is 1. The predicted octanol–water partition coefficient (Wildman–Crippen LogP) is 1.48. The zero-order valence-corrected chi connectivity index (χ0v) is 7.67. The summed E-state index contributed by atoms with van der Waals surface area (Å²) < 4.78 is 4.61. The van der Waals surface area contributed by atoms with E-state index in [1.165, 1.54) is 18.4 Å². The van der Waals surface area contributed by atoms with E-state index in [2.05, 4.69) is 14.7 Å². The van der Waals surface area contributed by atoms with Crippen LogP contribution in [-0.2, 0) is 4.74 Å². The average molecular weight is 194 g/mol. The molecule has 0 amide bonds. The summed E-state index contributed by atoms with van der Waals surface area (Å²) in [4.78, 5) is 20.1. The lowest BCUT2D eigenvalue weighted by molar-refractivity contribution is 0.0602. The third-order valence-electron chi connectivity index (χ3n) is 1.64. The van der Waals surface area contributed by atoms with Crippen molar-refractivity contribution >= 4 is 27.7 Å². The molecular formula is C8H6N2O2S. The van der Waals surface area contributed by atoms with Crippen molar-refractivity contribution in [2.24, 2.45) is 0 Å². The normalized spacial score (nSPS) is 10.2. The first-order chi connectivity index (χ1) is 6.33. The van der Waals surface area contributed by atoms with E-state index in [0.717, 1.165) is 4.83 Å². The first-order valence-electron chi connectivity index (χ1n) is 3.59. The molecule has 0 aliphatic rings. The lowest BCUT2D eigenvalue weighted by atomic mass is 10.2. The average Bonchev–Trinajstić information content (AvgIpc) is 2.63. The van der Waals surface area contributed by atoms with Gasteiger partial charge in [-0.3, -0.25) is 0 Å².